The first-order chi connectivity index (χ1) is 13.6. The highest BCUT2D eigenvalue weighted by Gasteiger charge is 2.36. The number of aliphatic hydroxyl groups excluding tert-OH is 1. The van der Waals surface area contributed by atoms with Crippen LogP contribution >= 0.6 is 0 Å². The maximum atomic E-state index is 12.9. The number of aromatic nitrogens is 3. The van der Waals surface area contributed by atoms with Gasteiger partial charge in [-0.05, 0) is 63.1 Å². The van der Waals surface area contributed by atoms with E-state index in [-0.39, 0.29) is 16.5 Å². The SMILES string of the molecule is CC(C)n1ccc(S(N)(=O)=NC(O)Nc2c3c(nc4c2CCC4(C)C)CCC3)n1. The fourth-order valence-corrected chi connectivity index (χ4v) is 5.20. The molecule has 0 spiro atoms. The van der Waals surface area contributed by atoms with E-state index in [1.807, 2.05) is 13.8 Å². The van der Waals surface area contributed by atoms with Gasteiger partial charge < -0.3 is 10.4 Å². The summed E-state index contributed by atoms with van der Waals surface area (Å²) in [6, 6.07) is 1.70. The summed E-state index contributed by atoms with van der Waals surface area (Å²) in [7, 11) is -3.33. The van der Waals surface area contributed by atoms with Crippen LogP contribution in [0.5, 0.6) is 0 Å². The molecule has 0 radical (unpaired) electrons. The lowest BCUT2D eigenvalue weighted by atomic mass is 9.90. The lowest BCUT2D eigenvalue weighted by Crippen LogP contribution is -2.25. The third kappa shape index (κ3) is 3.67. The summed E-state index contributed by atoms with van der Waals surface area (Å²) in [5, 5.41) is 24.1. The first-order valence-corrected chi connectivity index (χ1v) is 11.8. The molecule has 0 aliphatic heterocycles. The fraction of sp³-hybridized carbons (Fsp3) is 0.600. The monoisotopic (exact) mass is 418 g/mol. The Hall–Kier alpha value is -1.97. The molecule has 9 heteroatoms. The van der Waals surface area contributed by atoms with Crippen LogP contribution in [0.1, 0.15) is 69.1 Å². The van der Waals surface area contributed by atoms with Crippen LogP contribution in [-0.4, -0.2) is 30.4 Å². The minimum atomic E-state index is -3.33. The topological polar surface area (TPSA) is 118 Å². The molecule has 2 aliphatic rings. The summed E-state index contributed by atoms with van der Waals surface area (Å²) in [6.45, 7) is 8.34. The predicted molar refractivity (Wildman–Crippen MR) is 113 cm³/mol. The van der Waals surface area contributed by atoms with E-state index in [2.05, 4.69) is 28.6 Å². The van der Waals surface area contributed by atoms with Crippen molar-refractivity contribution in [1.29, 1.82) is 0 Å². The summed E-state index contributed by atoms with van der Waals surface area (Å²) < 4.78 is 18.6. The van der Waals surface area contributed by atoms with Gasteiger partial charge in [0.25, 0.3) is 0 Å². The van der Waals surface area contributed by atoms with Crippen molar-refractivity contribution in [3.8, 4) is 0 Å². The minimum Gasteiger partial charge on any atom is -0.355 e. The molecular weight excluding hydrogens is 388 g/mol. The first-order valence-electron chi connectivity index (χ1n) is 10.2. The van der Waals surface area contributed by atoms with Crippen LogP contribution in [0.4, 0.5) is 5.69 Å². The summed E-state index contributed by atoms with van der Waals surface area (Å²) in [6.07, 6.45) is 5.15. The highest BCUT2D eigenvalue weighted by molar-refractivity contribution is 7.91. The van der Waals surface area contributed by atoms with Gasteiger partial charge in [0.15, 0.2) is 14.9 Å². The second-order valence-corrected chi connectivity index (χ2v) is 10.7. The molecule has 2 atom stereocenters. The van der Waals surface area contributed by atoms with Crippen molar-refractivity contribution in [3.05, 3.63) is 34.8 Å². The number of nitrogens with one attached hydrogen (secondary N) is 1. The van der Waals surface area contributed by atoms with Gasteiger partial charge in [0.1, 0.15) is 0 Å². The normalized spacial score (nSPS) is 20.2. The molecule has 0 aromatic carbocycles. The van der Waals surface area contributed by atoms with E-state index in [4.69, 9.17) is 10.1 Å². The van der Waals surface area contributed by atoms with Crippen molar-refractivity contribution in [2.45, 2.75) is 82.6 Å². The number of nitrogens with two attached hydrogens (primary N) is 1. The Balaban J connectivity index is 1.68. The number of hydrogen-bond donors (Lipinski definition) is 3. The zero-order valence-electron chi connectivity index (χ0n) is 17.5. The number of anilines is 1. The van der Waals surface area contributed by atoms with Crippen molar-refractivity contribution in [1.82, 2.24) is 14.8 Å². The number of pyridine rings is 1. The van der Waals surface area contributed by atoms with Gasteiger partial charge in [0.05, 0.1) is 5.69 Å². The molecule has 4 N–H and O–H groups in total. The van der Waals surface area contributed by atoms with Gasteiger partial charge in [0.2, 0.25) is 6.35 Å². The van der Waals surface area contributed by atoms with Crippen molar-refractivity contribution in [2.24, 2.45) is 9.50 Å². The van der Waals surface area contributed by atoms with Gasteiger partial charge in [-0.25, -0.2) is 9.35 Å². The van der Waals surface area contributed by atoms with E-state index in [0.717, 1.165) is 60.3 Å². The third-order valence-electron chi connectivity index (χ3n) is 5.91. The molecule has 29 heavy (non-hydrogen) atoms. The predicted octanol–water partition coefficient (Wildman–Crippen LogP) is 2.66. The zero-order chi connectivity index (χ0) is 21.0. The summed E-state index contributed by atoms with van der Waals surface area (Å²) in [5.41, 5.74) is 5.37. The molecular formula is C20H30N6O2S. The van der Waals surface area contributed by atoms with E-state index >= 15 is 0 Å². The number of fused-ring (bicyclic) bond motifs is 2. The van der Waals surface area contributed by atoms with Crippen LogP contribution in [-0.2, 0) is 34.6 Å². The van der Waals surface area contributed by atoms with E-state index in [1.165, 1.54) is 0 Å². The lowest BCUT2D eigenvalue weighted by Gasteiger charge is -2.22. The van der Waals surface area contributed by atoms with Crippen molar-refractivity contribution in [3.63, 3.8) is 0 Å². The second-order valence-electron chi connectivity index (χ2n) is 8.90. The molecule has 0 bridgehead atoms. The average Bonchev–Trinajstić information content (AvgIpc) is 3.34. The van der Waals surface area contributed by atoms with Crippen LogP contribution in [0.15, 0.2) is 21.7 Å². The summed E-state index contributed by atoms with van der Waals surface area (Å²) >= 11 is 0. The van der Waals surface area contributed by atoms with Crippen LogP contribution in [0.3, 0.4) is 0 Å². The molecule has 0 saturated carbocycles. The maximum Gasteiger partial charge on any atom is 0.233 e. The molecule has 2 aromatic rings. The van der Waals surface area contributed by atoms with Crippen LogP contribution in [0, 0.1) is 0 Å². The van der Waals surface area contributed by atoms with E-state index in [9.17, 15) is 9.32 Å². The van der Waals surface area contributed by atoms with Crippen molar-refractivity contribution in [2.75, 3.05) is 5.32 Å². The summed E-state index contributed by atoms with van der Waals surface area (Å²) in [4.78, 5) is 4.95. The standard InChI is InChI=1S/C20H30N6O2S/c1-12(2)26-11-9-16(24-26)29(21,28)25-19(27)23-17-13-6-5-7-15(13)22-18-14(17)8-10-20(18,3)4/h9,11-12,19,27H,5-8,10H2,1-4H3,(H,22,23)(H2,21,25,28). The quantitative estimate of drug-likeness (QED) is 0.645. The van der Waals surface area contributed by atoms with Crippen molar-refractivity contribution < 1.29 is 9.32 Å². The van der Waals surface area contributed by atoms with Gasteiger partial charge in [-0.2, -0.15) is 9.46 Å². The van der Waals surface area contributed by atoms with E-state index in [0.29, 0.717) is 0 Å². The van der Waals surface area contributed by atoms with Crippen molar-refractivity contribution >= 4 is 15.6 Å². The Morgan fingerprint density at radius 3 is 2.76 bits per heavy atom. The summed E-state index contributed by atoms with van der Waals surface area (Å²) in [5.74, 6) is 0. The zero-order valence-corrected chi connectivity index (χ0v) is 18.3. The smallest absolute Gasteiger partial charge is 0.233 e. The Morgan fingerprint density at radius 1 is 1.31 bits per heavy atom. The molecule has 0 amide bonds. The molecule has 4 rings (SSSR count). The number of nitrogens with zero attached hydrogens (tertiary/aromatic N) is 4. The Labute approximate surface area is 172 Å². The van der Waals surface area contributed by atoms with Gasteiger partial charge in [0, 0.05) is 29.0 Å². The highest BCUT2D eigenvalue weighted by atomic mass is 32.2. The van der Waals surface area contributed by atoms with Gasteiger partial charge in [-0.15, -0.1) is 0 Å². The van der Waals surface area contributed by atoms with Crippen LogP contribution in [0.2, 0.25) is 0 Å². The van der Waals surface area contributed by atoms with Crippen LogP contribution < -0.4 is 10.5 Å². The number of rotatable bonds is 5. The van der Waals surface area contributed by atoms with Gasteiger partial charge in [-0.1, -0.05) is 13.8 Å². The molecule has 2 heterocycles. The number of aryl methyl sites for hydroxylation is 1. The molecule has 2 aliphatic carbocycles. The molecule has 2 aromatic heterocycles. The maximum absolute atomic E-state index is 12.9. The Morgan fingerprint density at radius 2 is 2.07 bits per heavy atom. The van der Waals surface area contributed by atoms with E-state index < -0.39 is 16.3 Å². The molecule has 158 valence electrons. The molecule has 8 nitrogen and oxygen atoms in total. The second kappa shape index (κ2) is 7.07. The van der Waals surface area contributed by atoms with Gasteiger partial charge >= 0.3 is 0 Å². The largest absolute Gasteiger partial charge is 0.355 e. The van der Waals surface area contributed by atoms with Gasteiger partial charge in [-0.3, -0.25) is 9.67 Å². The van der Waals surface area contributed by atoms with Crippen LogP contribution in [0.25, 0.3) is 0 Å². The number of hydrogen-bond acceptors (Lipinski definition) is 6. The fourth-order valence-electron chi connectivity index (χ4n) is 4.28. The highest BCUT2D eigenvalue weighted by Crippen LogP contribution is 2.44. The molecule has 2 unspecified atom stereocenters. The molecule has 0 fully saturated rings. The first kappa shape index (κ1) is 20.3. The lowest BCUT2D eigenvalue weighted by molar-refractivity contribution is 0.215. The Kier molecular flexibility index (Phi) is 4.95. The molecule has 0 saturated heterocycles. The average molecular weight is 419 g/mol. The Bertz CT molecular complexity index is 1070. The number of aliphatic hydroxyl groups is 1. The minimum absolute atomic E-state index is 0.0105. The third-order valence-corrected chi connectivity index (χ3v) is 7.24. The van der Waals surface area contributed by atoms with E-state index in [1.54, 1.807) is 16.9 Å².